The second kappa shape index (κ2) is 7.64. The molecular formula is C23H21N5S. The molecule has 0 saturated carbocycles. The van der Waals surface area contributed by atoms with Crippen LogP contribution in [-0.4, -0.2) is 46.2 Å². The molecule has 4 aromatic rings. The summed E-state index contributed by atoms with van der Waals surface area (Å²) in [6, 6.07) is 22.6. The van der Waals surface area contributed by atoms with Gasteiger partial charge in [-0.1, -0.05) is 30.3 Å². The largest absolute Gasteiger partial charge is 0.353 e. The van der Waals surface area contributed by atoms with Gasteiger partial charge in [0, 0.05) is 48.8 Å². The SMILES string of the molecule is S=C(Nc1ccc2cc3ccccc3nc2c1)N1CCN(c2ccccn2)CC1. The lowest BCUT2D eigenvalue weighted by atomic mass is 10.1. The summed E-state index contributed by atoms with van der Waals surface area (Å²) in [7, 11) is 0. The molecule has 0 aliphatic carbocycles. The Labute approximate surface area is 175 Å². The number of fused-ring (bicyclic) bond motifs is 2. The maximum Gasteiger partial charge on any atom is 0.173 e. The summed E-state index contributed by atoms with van der Waals surface area (Å²) in [6.45, 7) is 3.56. The number of piperazine rings is 1. The van der Waals surface area contributed by atoms with E-state index in [1.54, 1.807) is 0 Å². The van der Waals surface area contributed by atoms with Crippen LogP contribution in [0.15, 0.2) is 72.9 Å². The van der Waals surface area contributed by atoms with Crippen LogP contribution in [0.1, 0.15) is 0 Å². The molecule has 5 rings (SSSR count). The number of anilines is 2. The van der Waals surface area contributed by atoms with E-state index < -0.39 is 0 Å². The van der Waals surface area contributed by atoms with Crippen molar-refractivity contribution in [3.05, 3.63) is 72.9 Å². The predicted molar refractivity (Wildman–Crippen MR) is 123 cm³/mol. The lowest BCUT2D eigenvalue weighted by molar-refractivity contribution is 0.389. The van der Waals surface area contributed by atoms with Gasteiger partial charge in [0.15, 0.2) is 5.11 Å². The second-order valence-corrected chi connectivity index (χ2v) is 7.57. The molecule has 0 unspecified atom stereocenters. The molecule has 29 heavy (non-hydrogen) atoms. The van der Waals surface area contributed by atoms with Gasteiger partial charge in [-0.3, -0.25) is 0 Å². The molecule has 1 aliphatic heterocycles. The van der Waals surface area contributed by atoms with Crippen LogP contribution in [0.2, 0.25) is 0 Å². The van der Waals surface area contributed by atoms with E-state index >= 15 is 0 Å². The summed E-state index contributed by atoms with van der Waals surface area (Å²) in [5.74, 6) is 1.03. The number of para-hydroxylation sites is 1. The van der Waals surface area contributed by atoms with Gasteiger partial charge >= 0.3 is 0 Å². The number of nitrogens with one attached hydrogen (secondary N) is 1. The highest BCUT2D eigenvalue weighted by Crippen LogP contribution is 2.23. The first kappa shape index (κ1) is 17.8. The van der Waals surface area contributed by atoms with Crippen LogP contribution in [0.25, 0.3) is 21.8 Å². The molecule has 3 heterocycles. The average Bonchev–Trinajstić information content (AvgIpc) is 2.78. The fraction of sp³-hybridized carbons (Fsp3) is 0.174. The van der Waals surface area contributed by atoms with E-state index in [-0.39, 0.29) is 0 Å². The second-order valence-electron chi connectivity index (χ2n) is 7.18. The van der Waals surface area contributed by atoms with Gasteiger partial charge in [0.1, 0.15) is 5.82 Å². The van der Waals surface area contributed by atoms with Crippen LogP contribution in [0.4, 0.5) is 11.5 Å². The van der Waals surface area contributed by atoms with Crippen molar-refractivity contribution in [3.8, 4) is 0 Å². The van der Waals surface area contributed by atoms with Gasteiger partial charge < -0.3 is 15.1 Å². The Morgan fingerprint density at radius 3 is 2.45 bits per heavy atom. The van der Waals surface area contributed by atoms with E-state index in [2.05, 4.69) is 56.5 Å². The first-order valence-corrected chi connectivity index (χ1v) is 10.2. The van der Waals surface area contributed by atoms with E-state index in [4.69, 9.17) is 17.2 Å². The standard InChI is InChI=1S/C23H21N5S/c29-23(28-13-11-27(12-14-28)22-7-3-4-10-24-22)25-19-9-8-18-15-17-5-1-2-6-20(17)26-21(18)16-19/h1-10,15-16H,11-14H2,(H,25,29). The highest BCUT2D eigenvalue weighted by molar-refractivity contribution is 7.80. The van der Waals surface area contributed by atoms with Crippen molar-refractivity contribution in [1.82, 2.24) is 14.9 Å². The maximum absolute atomic E-state index is 5.67. The molecule has 144 valence electrons. The van der Waals surface area contributed by atoms with Crippen molar-refractivity contribution in [3.63, 3.8) is 0 Å². The molecule has 0 bridgehead atoms. The zero-order chi connectivity index (χ0) is 19.6. The third-order valence-electron chi connectivity index (χ3n) is 5.31. The fourth-order valence-corrected chi connectivity index (χ4v) is 4.03. The van der Waals surface area contributed by atoms with Crippen molar-refractivity contribution in [1.29, 1.82) is 0 Å². The Morgan fingerprint density at radius 1 is 0.828 bits per heavy atom. The highest BCUT2D eigenvalue weighted by Gasteiger charge is 2.19. The molecule has 1 aliphatic rings. The molecule has 0 radical (unpaired) electrons. The van der Waals surface area contributed by atoms with Crippen LogP contribution in [0, 0.1) is 0 Å². The third-order valence-corrected chi connectivity index (χ3v) is 5.67. The summed E-state index contributed by atoms with van der Waals surface area (Å²) in [5.41, 5.74) is 2.94. The normalized spacial score (nSPS) is 14.3. The van der Waals surface area contributed by atoms with Crippen LogP contribution >= 0.6 is 12.2 Å². The van der Waals surface area contributed by atoms with Gasteiger partial charge in [-0.15, -0.1) is 0 Å². The van der Waals surface area contributed by atoms with Gasteiger partial charge in [-0.2, -0.15) is 0 Å². The number of aromatic nitrogens is 2. The minimum atomic E-state index is 0.755. The van der Waals surface area contributed by atoms with E-state index in [0.29, 0.717) is 0 Å². The molecule has 2 aromatic heterocycles. The zero-order valence-corrected chi connectivity index (χ0v) is 16.8. The fourth-order valence-electron chi connectivity index (χ4n) is 3.73. The van der Waals surface area contributed by atoms with Crippen LogP contribution in [0.3, 0.4) is 0 Å². The first-order valence-electron chi connectivity index (χ1n) is 9.78. The van der Waals surface area contributed by atoms with Gasteiger partial charge in [-0.25, -0.2) is 9.97 Å². The van der Waals surface area contributed by atoms with Crippen LogP contribution < -0.4 is 10.2 Å². The molecule has 0 amide bonds. The number of benzene rings is 2. The molecule has 1 fully saturated rings. The summed E-state index contributed by atoms with van der Waals surface area (Å²) in [4.78, 5) is 13.7. The van der Waals surface area contributed by atoms with E-state index in [9.17, 15) is 0 Å². The average molecular weight is 400 g/mol. The summed E-state index contributed by atoms with van der Waals surface area (Å²) >= 11 is 5.67. The molecule has 2 aromatic carbocycles. The number of hydrogen-bond donors (Lipinski definition) is 1. The molecular weight excluding hydrogens is 378 g/mol. The number of rotatable bonds is 2. The Hall–Kier alpha value is -3.25. The Balaban J connectivity index is 1.28. The quantitative estimate of drug-likeness (QED) is 0.400. The smallest absolute Gasteiger partial charge is 0.173 e. The summed E-state index contributed by atoms with van der Waals surface area (Å²) < 4.78 is 0. The number of thiocarbonyl (C=S) groups is 1. The molecule has 6 heteroatoms. The lowest BCUT2D eigenvalue weighted by Gasteiger charge is -2.36. The lowest BCUT2D eigenvalue weighted by Crippen LogP contribution is -2.50. The monoisotopic (exact) mass is 399 g/mol. The van der Waals surface area contributed by atoms with Gasteiger partial charge in [0.05, 0.1) is 11.0 Å². The van der Waals surface area contributed by atoms with Crippen molar-refractivity contribution in [2.75, 3.05) is 36.4 Å². The van der Waals surface area contributed by atoms with Crippen molar-refractivity contribution in [2.45, 2.75) is 0 Å². The minimum Gasteiger partial charge on any atom is -0.353 e. The summed E-state index contributed by atoms with van der Waals surface area (Å²) in [6.07, 6.45) is 1.84. The van der Waals surface area contributed by atoms with Gasteiger partial charge in [0.25, 0.3) is 0 Å². The van der Waals surface area contributed by atoms with E-state index in [1.807, 2.05) is 36.5 Å². The topological polar surface area (TPSA) is 44.3 Å². The molecule has 0 spiro atoms. The van der Waals surface area contributed by atoms with Crippen molar-refractivity contribution in [2.24, 2.45) is 0 Å². The molecule has 5 nitrogen and oxygen atoms in total. The third kappa shape index (κ3) is 3.71. The Kier molecular flexibility index (Phi) is 4.69. The Bertz CT molecular complexity index is 1170. The molecule has 1 saturated heterocycles. The van der Waals surface area contributed by atoms with Crippen LogP contribution in [0.5, 0.6) is 0 Å². The van der Waals surface area contributed by atoms with Gasteiger partial charge in [0.2, 0.25) is 0 Å². The summed E-state index contributed by atoms with van der Waals surface area (Å²) in [5, 5.41) is 6.43. The van der Waals surface area contributed by atoms with Gasteiger partial charge in [-0.05, 0) is 48.6 Å². The van der Waals surface area contributed by atoms with Crippen LogP contribution in [-0.2, 0) is 0 Å². The molecule has 1 N–H and O–H groups in total. The Morgan fingerprint density at radius 2 is 1.62 bits per heavy atom. The van der Waals surface area contributed by atoms with Crippen molar-refractivity contribution >= 4 is 50.6 Å². The first-order chi connectivity index (χ1) is 14.3. The van der Waals surface area contributed by atoms with E-state index in [1.165, 1.54) is 0 Å². The minimum absolute atomic E-state index is 0.755. The number of hydrogen-bond acceptors (Lipinski definition) is 4. The molecule has 0 atom stereocenters. The number of nitrogens with zero attached hydrogens (tertiary/aromatic N) is 4. The zero-order valence-electron chi connectivity index (χ0n) is 16.0. The number of pyridine rings is 2. The van der Waals surface area contributed by atoms with E-state index in [0.717, 1.165) is 64.6 Å². The maximum atomic E-state index is 5.67. The highest BCUT2D eigenvalue weighted by atomic mass is 32.1. The predicted octanol–water partition coefficient (Wildman–Crippen LogP) is 4.30. The van der Waals surface area contributed by atoms with Crippen molar-refractivity contribution < 1.29 is 0 Å².